The molecular weight excluding hydrogens is 240 g/mol. The first-order valence-electron chi connectivity index (χ1n) is 7.66. The van der Waals surface area contributed by atoms with Gasteiger partial charge >= 0.3 is 6.09 Å². The Morgan fingerprint density at radius 3 is 2.74 bits per heavy atom. The molecule has 2 aliphatic rings. The van der Waals surface area contributed by atoms with E-state index < -0.39 is 5.60 Å². The van der Waals surface area contributed by atoms with Crippen LogP contribution in [0.5, 0.6) is 0 Å². The number of ether oxygens (including phenoxy) is 1. The zero-order valence-electron chi connectivity index (χ0n) is 12.5. The van der Waals surface area contributed by atoms with Crippen molar-refractivity contribution in [2.45, 2.75) is 64.5 Å². The summed E-state index contributed by atoms with van der Waals surface area (Å²) in [6, 6.07) is 0.674. The fraction of sp³-hybridized carbons (Fsp3) is 0.933. The van der Waals surface area contributed by atoms with E-state index >= 15 is 0 Å². The van der Waals surface area contributed by atoms with Crippen LogP contribution in [0.4, 0.5) is 4.79 Å². The Balaban J connectivity index is 1.79. The Hall–Kier alpha value is -0.770. The minimum atomic E-state index is -0.411. The molecule has 0 aromatic carbocycles. The van der Waals surface area contributed by atoms with Gasteiger partial charge in [0.05, 0.1) is 0 Å². The second kappa shape index (κ2) is 6.12. The molecule has 0 bridgehead atoms. The topological polar surface area (TPSA) is 50.4 Å². The van der Waals surface area contributed by atoms with E-state index in [2.05, 4.69) is 10.6 Å². The van der Waals surface area contributed by atoms with E-state index in [4.69, 9.17) is 4.74 Å². The molecule has 0 spiro atoms. The predicted octanol–water partition coefficient (Wildman–Crippen LogP) is 2.68. The van der Waals surface area contributed by atoms with E-state index in [1.165, 1.54) is 25.7 Å². The molecule has 1 amide bonds. The first-order valence-corrected chi connectivity index (χ1v) is 7.66. The number of hydrogen-bond donors (Lipinski definition) is 2. The van der Waals surface area contributed by atoms with Gasteiger partial charge in [0.1, 0.15) is 5.60 Å². The number of rotatable bonds is 2. The van der Waals surface area contributed by atoms with Gasteiger partial charge in [0.25, 0.3) is 0 Å². The zero-order valence-corrected chi connectivity index (χ0v) is 12.5. The molecule has 4 nitrogen and oxygen atoms in total. The van der Waals surface area contributed by atoms with Gasteiger partial charge in [0.2, 0.25) is 0 Å². The summed E-state index contributed by atoms with van der Waals surface area (Å²) in [5, 5.41) is 6.59. The summed E-state index contributed by atoms with van der Waals surface area (Å²) < 4.78 is 5.30. The van der Waals surface area contributed by atoms with Crippen molar-refractivity contribution < 1.29 is 9.53 Å². The first-order chi connectivity index (χ1) is 8.96. The molecule has 0 aromatic rings. The summed E-state index contributed by atoms with van der Waals surface area (Å²) >= 11 is 0. The summed E-state index contributed by atoms with van der Waals surface area (Å²) in [6.45, 7) is 7.54. The Morgan fingerprint density at radius 2 is 2.00 bits per heavy atom. The lowest BCUT2D eigenvalue weighted by Gasteiger charge is -2.42. The minimum Gasteiger partial charge on any atom is -0.444 e. The van der Waals surface area contributed by atoms with Gasteiger partial charge in [-0.15, -0.1) is 0 Å². The molecule has 0 radical (unpaired) electrons. The highest BCUT2D eigenvalue weighted by atomic mass is 16.6. The van der Waals surface area contributed by atoms with Crippen LogP contribution in [0, 0.1) is 11.8 Å². The number of hydrogen-bond acceptors (Lipinski definition) is 3. The molecule has 0 unspecified atom stereocenters. The maximum absolute atomic E-state index is 11.7. The lowest BCUT2D eigenvalue weighted by Crippen LogP contribution is -2.50. The van der Waals surface area contributed by atoms with Crippen molar-refractivity contribution in [3.63, 3.8) is 0 Å². The van der Waals surface area contributed by atoms with E-state index in [1.807, 2.05) is 20.8 Å². The van der Waals surface area contributed by atoms with Crippen molar-refractivity contribution in [1.29, 1.82) is 0 Å². The van der Waals surface area contributed by atoms with Gasteiger partial charge in [-0.3, -0.25) is 0 Å². The number of amides is 1. The molecule has 2 N–H and O–H groups in total. The molecule has 1 saturated heterocycles. The van der Waals surface area contributed by atoms with Gasteiger partial charge in [0.15, 0.2) is 0 Å². The second-order valence-corrected chi connectivity index (χ2v) is 6.94. The number of fused-ring (bicyclic) bond motifs is 1. The third-order valence-corrected chi connectivity index (χ3v) is 4.25. The molecule has 2 fully saturated rings. The second-order valence-electron chi connectivity index (χ2n) is 6.94. The van der Waals surface area contributed by atoms with Crippen LogP contribution < -0.4 is 10.6 Å². The normalized spacial score (nSPS) is 31.4. The van der Waals surface area contributed by atoms with Gasteiger partial charge in [-0.25, -0.2) is 4.79 Å². The molecule has 1 saturated carbocycles. The maximum Gasteiger partial charge on any atom is 0.407 e. The van der Waals surface area contributed by atoms with Gasteiger partial charge in [-0.2, -0.15) is 0 Å². The number of carbonyl (C=O) groups is 1. The van der Waals surface area contributed by atoms with Crippen LogP contribution in [0.1, 0.15) is 52.9 Å². The van der Waals surface area contributed by atoms with Crippen molar-refractivity contribution in [1.82, 2.24) is 10.6 Å². The minimum absolute atomic E-state index is 0.279. The van der Waals surface area contributed by atoms with Crippen LogP contribution in [0.15, 0.2) is 0 Å². The third kappa shape index (κ3) is 4.37. The highest BCUT2D eigenvalue weighted by Crippen LogP contribution is 2.34. The van der Waals surface area contributed by atoms with Gasteiger partial charge in [-0.1, -0.05) is 12.8 Å². The number of piperidine rings is 1. The highest BCUT2D eigenvalue weighted by Gasteiger charge is 2.34. The number of alkyl carbamates (subject to hydrolysis) is 1. The quantitative estimate of drug-likeness (QED) is 0.809. The summed E-state index contributed by atoms with van der Waals surface area (Å²) in [5.74, 6) is 1.34. The van der Waals surface area contributed by atoms with Gasteiger partial charge in [-0.05, 0) is 58.4 Å². The molecule has 19 heavy (non-hydrogen) atoms. The van der Waals surface area contributed by atoms with Crippen LogP contribution in [-0.4, -0.2) is 30.8 Å². The van der Waals surface area contributed by atoms with Crippen molar-refractivity contribution >= 4 is 6.09 Å². The Bertz CT molecular complexity index is 310. The van der Waals surface area contributed by atoms with E-state index in [0.29, 0.717) is 12.0 Å². The molecule has 1 aliphatic carbocycles. The number of carbonyl (C=O) groups excluding carboxylic acids is 1. The van der Waals surface area contributed by atoms with Crippen LogP contribution in [0.25, 0.3) is 0 Å². The van der Waals surface area contributed by atoms with Crippen LogP contribution in [-0.2, 0) is 4.74 Å². The average Bonchev–Trinajstić information content (AvgIpc) is 2.34. The SMILES string of the molecule is CC(C)(C)OC(=O)NC[C@@H]1CCN[C@@H]2CCCC[C@H]12. The molecule has 1 heterocycles. The Kier molecular flexibility index (Phi) is 4.71. The summed E-state index contributed by atoms with van der Waals surface area (Å²) in [4.78, 5) is 11.7. The molecule has 4 heteroatoms. The lowest BCUT2D eigenvalue weighted by atomic mass is 9.73. The highest BCUT2D eigenvalue weighted by molar-refractivity contribution is 5.67. The van der Waals surface area contributed by atoms with Crippen molar-refractivity contribution in [3.05, 3.63) is 0 Å². The molecule has 2 rings (SSSR count). The largest absolute Gasteiger partial charge is 0.444 e. The number of nitrogens with one attached hydrogen (secondary N) is 2. The summed E-state index contributed by atoms with van der Waals surface area (Å²) in [7, 11) is 0. The van der Waals surface area contributed by atoms with E-state index in [-0.39, 0.29) is 6.09 Å². The standard InChI is InChI=1S/C15H28N2O2/c1-15(2,3)19-14(18)17-10-11-8-9-16-13-7-5-4-6-12(11)13/h11-13,16H,4-10H2,1-3H3,(H,17,18)/t11-,12+,13+/m0/s1. The monoisotopic (exact) mass is 268 g/mol. The van der Waals surface area contributed by atoms with Crippen molar-refractivity contribution in [3.8, 4) is 0 Å². The Labute approximate surface area is 116 Å². The predicted molar refractivity (Wildman–Crippen MR) is 76.1 cm³/mol. The smallest absolute Gasteiger partial charge is 0.407 e. The summed E-state index contributed by atoms with van der Waals surface area (Å²) in [6.07, 6.45) is 6.17. The Morgan fingerprint density at radius 1 is 1.26 bits per heavy atom. The molecule has 3 atom stereocenters. The van der Waals surface area contributed by atoms with Gasteiger partial charge in [0, 0.05) is 12.6 Å². The van der Waals surface area contributed by atoms with E-state index in [1.54, 1.807) is 0 Å². The van der Waals surface area contributed by atoms with Gasteiger partial charge < -0.3 is 15.4 Å². The van der Waals surface area contributed by atoms with E-state index in [9.17, 15) is 4.79 Å². The fourth-order valence-electron chi connectivity index (χ4n) is 3.43. The molecule has 0 aromatic heterocycles. The van der Waals surface area contributed by atoms with E-state index in [0.717, 1.165) is 25.4 Å². The fourth-order valence-corrected chi connectivity index (χ4v) is 3.43. The van der Waals surface area contributed by atoms with Crippen LogP contribution >= 0.6 is 0 Å². The maximum atomic E-state index is 11.7. The van der Waals surface area contributed by atoms with Crippen molar-refractivity contribution in [2.75, 3.05) is 13.1 Å². The zero-order chi connectivity index (χ0) is 13.9. The molecular formula is C15H28N2O2. The average molecular weight is 268 g/mol. The first kappa shape index (κ1) is 14.6. The third-order valence-electron chi connectivity index (χ3n) is 4.25. The molecule has 1 aliphatic heterocycles. The molecule has 110 valence electrons. The van der Waals surface area contributed by atoms with Crippen LogP contribution in [0.2, 0.25) is 0 Å². The van der Waals surface area contributed by atoms with Crippen LogP contribution in [0.3, 0.4) is 0 Å². The summed E-state index contributed by atoms with van der Waals surface area (Å²) in [5.41, 5.74) is -0.411. The van der Waals surface area contributed by atoms with Crippen molar-refractivity contribution in [2.24, 2.45) is 11.8 Å². The lowest BCUT2D eigenvalue weighted by molar-refractivity contribution is 0.0492.